The highest BCUT2D eigenvalue weighted by Crippen LogP contribution is 2.31. The van der Waals surface area contributed by atoms with Crippen LogP contribution in [-0.2, 0) is 6.42 Å². The van der Waals surface area contributed by atoms with Crippen LogP contribution in [-0.4, -0.2) is 22.0 Å². The smallest absolute Gasteiger partial charge is 0.418 e. The van der Waals surface area contributed by atoms with Gasteiger partial charge in [0.15, 0.2) is 0 Å². The minimum Gasteiger partial charge on any atom is -0.472 e. The van der Waals surface area contributed by atoms with E-state index in [0.717, 1.165) is 11.6 Å². The van der Waals surface area contributed by atoms with Crippen LogP contribution in [0.25, 0.3) is 17.0 Å². The first-order valence-electron chi connectivity index (χ1n) is 9.88. The highest BCUT2D eigenvalue weighted by Gasteiger charge is 2.35. The zero-order valence-corrected chi connectivity index (χ0v) is 17.8. The predicted molar refractivity (Wildman–Crippen MR) is 117 cm³/mol. The van der Waals surface area contributed by atoms with Crippen LogP contribution in [0.1, 0.15) is 32.2 Å². The first-order valence-corrected chi connectivity index (χ1v) is 9.88. The summed E-state index contributed by atoms with van der Waals surface area (Å²) in [5.41, 5.74) is 1.08. The van der Waals surface area contributed by atoms with Gasteiger partial charge in [-0.05, 0) is 38.5 Å². The van der Waals surface area contributed by atoms with Crippen LogP contribution >= 0.6 is 0 Å². The van der Waals surface area contributed by atoms with Crippen molar-refractivity contribution in [1.29, 1.82) is 0 Å². The molecule has 3 aromatic rings. The fourth-order valence-corrected chi connectivity index (χ4v) is 2.98. The maximum atomic E-state index is 13.8. The fraction of sp³-hybridized carbons (Fsp3) is 0.208. The first kappa shape index (κ1) is 23.0. The summed E-state index contributed by atoms with van der Waals surface area (Å²) in [6.07, 6.45) is 2.60. The summed E-state index contributed by atoms with van der Waals surface area (Å²) in [6.45, 7) is 4.69. The lowest BCUT2D eigenvalue weighted by atomic mass is 10.0. The number of furan rings is 1. The number of hydrogen-bond acceptors (Lipinski definition) is 5. The van der Waals surface area contributed by atoms with Crippen molar-refractivity contribution < 1.29 is 22.1 Å². The van der Waals surface area contributed by atoms with E-state index in [1.807, 2.05) is 30.3 Å². The Hall–Kier alpha value is -3.68. The predicted octanol–water partition coefficient (Wildman–Crippen LogP) is 6.83. The summed E-state index contributed by atoms with van der Waals surface area (Å²) in [4.78, 5) is 8.54. The molecule has 0 radical (unpaired) electrons. The Bertz CT molecular complexity index is 1150. The summed E-state index contributed by atoms with van der Waals surface area (Å²) < 4.78 is 51.7. The Labute approximate surface area is 183 Å². The van der Waals surface area contributed by atoms with E-state index in [2.05, 4.69) is 15.1 Å². The van der Waals surface area contributed by atoms with Gasteiger partial charge in [-0.3, -0.25) is 4.99 Å². The molecular formula is C24H22F3N3O2. The molecule has 0 aliphatic heterocycles. The molecule has 0 amide bonds. The van der Waals surface area contributed by atoms with Crippen molar-refractivity contribution in [3.63, 3.8) is 0 Å². The van der Waals surface area contributed by atoms with E-state index in [-0.39, 0.29) is 18.0 Å². The molecule has 0 bridgehead atoms. The fourth-order valence-electron chi connectivity index (χ4n) is 2.98. The number of benzene rings is 1. The van der Waals surface area contributed by atoms with Gasteiger partial charge in [0.25, 0.3) is 0 Å². The summed E-state index contributed by atoms with van der Waals surface area (Å²) >= 11 is 0. The van der Waals surface area contributed by atoms with Crippen molar-refractivity contribution in [3.05, 3.63) is 89.9 Å². The lowest BCUT2D eigenvalue weighted by Gasteiger charge is -2.13. The maximum absolute atomic E-state index is 13.8. The summed E-state index contributed by atoms with van der Waals surface area (Å²) in [6, 6.07) is 10.9. The average Bonchev–Trinajstić information content (AvgIpc) is 3.46. The largest absolute Gasteiger partial charge is 0.472 e. The molecule has 166 valence electrons. The third-order valence-electron chi connectivity index (χ3n) is 4.64. The second-order valence-electron chi connectivity index (χ2n) is 6.84. The van der Waals surface area contributed by atoms with Crippen LogP contribution in [0.15, 0.2) is 92.4 Å². The highest BCUT2D eigenvalue weighted by atomic mass is 19.4. The Balaban J connectivity index is 1.86. The third kappa shape index (κ3) is 5.72. The SMILES string of the molecule is C\C=C(Cc1nc(-c2ccccc2)no1)/N=C(C)\C(=C/C(=C\C)c1ccoc1)C(F)(F)F. The lowest BCUT2D eigenvalue weighted by molar-refractivity contribution is -0.0860. The van der Waals surface area contributed by atoms with Crippen LogP contribution in [0, 0.1) is 0 Å². The van der Waals surface area contributed by atoms with Crippen molar-refractivity contribution in [2.45, 2.75) is 33.4 Å². The number of rotatable bonds is 7. The third-order valence-corrected chi connectivity index (χ3v) is 4.64. The number of aliphatic imine (C=N–C) groups is 1. The topological polar surface area (TPSA) is 64.4 Å². The van der Waals surface area contributed by atoms with Gasteiger partial charge in [0.1, 0.15) is 0 Å². The van der Waals surface area contributed by atoms with E-state index in [4.69, 9.17) is 8.94 Å². The second-order valence-corrected chi connectivity index (χ2v) is 6.84. The van der Waals surface area contributed by atoms with Crippen molar-refractivity contribution in [1.82, 2.24) is 10.1 Å². The monoisotopic (exact) mass is 441 g/mol. The molecule has 0 fully saturated rings. The molecule has 0 aliphatic carbocycles. The number of aromatic nitrogens is 2. The Morgan fingerprint density at radius 1 is 1.09 bits per heavy atom. The van der Waals surface area contributed by atoms with Gasteiger partial charge in [-0.15, -0.1) is 0 Å². The minimum atomic E-state index is -4.59. The molecule has 2 aromatic heterocycles. The van der Waals surface area contributed by atoms with E-state index >= 15 is 0 Å². The molecule has 5 nitrogen and oxygen atoms in total. The van der Waals surface area contributed by atoms with Crippen LogP contribution in [0.2, 0.25) is 0 Å². The quantitative estimate of drug-likeness (QED) is 0.298. The summed E-state index contributed by atoms with van der Waals surface area (Å²) in [7, 11) is 0. The van der Waals surface area contributed by atoms with Crippen molar-refractivity contribution in [2.75, 3.05) is 0 Å². The van der Waals surface area contributed by atoms with Crippen molar-refractivity contribution in [2.24, 2.45) is 4.99 Å². The van der Waals surface area contributed by atoms with Gasteiger partial charge < -0.3 is 8.94 Å². The lowest BCUT2D eigenvalue weighted by Crippen LogP contribution is -2.19. The molecule has 1 aromatic carbocycles. The Kier molecular flexibility index (Phi) is 7.25. The molecule has 3 rings (SSSR count). The molecule has 0 saturated carbocycles. The van der Waals surface area contributed by atoms with E-state index in [1.165, 1.54) is 19.5 Å². The molecular weight excluding hydrogens is 419 g/mol. The molecule has 0 unspecified atom stereocenters. The molecule has 0 aliphatic rings. The zero-order chi connectivity index (χ0) is 23.1. The molecule has 0 atom stereocenters. The van der Waals surface area contributed by atoms with Gasteiger partial charge in [-0.1, -0.05) is 47.6 Å². The Morgan fingerprint density at radius 3 is 2.44 bits per heavy atom. The number of allylic oxidation sites excluding steroid dienone is 6. The van der Waals surface area contributed by atoms with Crippen molar-refractivity contribution >= 4 is 11.3 Å². The number of alkyl halides is 3. The van der Waals surface area contributed by atoms with Gasteiger partial charge in [-0.25, -0.2) is 0 Å². The van der Waals surface area contributed by atoms with Gasteiger partial charge in [0.2, 0.25) is 11.7 Å². The van der Waals surface area contributed by atoms with Gasteiger partial charge >= 0.3 is 6.18 Å². The normalized spacial score (nSPS) is 14.2. The van der Waals surface area contributed by atoms with Crippen molar-refractivity contribution in [3.8, 4) is 11.4 Å². The Morgan fingerprint density at radius 2 is 1.84 bits per heavy atom. The first-order chi connectivity index (χ1) is 15.3. The van der Waals surface area contributed by atoms with Gasteiger partial charge in [0, 0.05) is 22.5 Å². The molecule has 0 saturated heterocycles. The van der Waals surface area contributed by atoms with E-state index < -0.39 is 11.7 Å². The molecule has 32 heavy (non-hydrogen) atoms. The minimum absolute atomic E-state index is 0.108. The number of nitrogens with zero attached hydrogens (tertiary/aromatic N) is 3. The van der Waals surface area contributed by atoms with Crippen LogP contribution in [0.4, 0.5) is 13.2 Å². The van der Waals surface area contributed by atoms with E-state index in [0.29, 0.717) is 22.7 Å². The summed E-state index contributed by atoms with van der Waals surface area (Å²) in [5, 5.41) is 3.94. The number of hydrogen-bond donors (Lipinski definition) is 0. The van der Waals surface area contributed by atoms with Crippen LogP contribution in [0.3, 0.4) is 0 Å². The second kappa shape index (κ2) is 10.1. The number of halogens is 3. The molecule has 0 spiro atoms. The van der Waals surface area contributed by atoms with E-state index in [9.17, 15) is 13.2 Å². The van der Waals surface area contributed by atoms with Crippen LogP contribution in [0.5, 0.6) is 0 Å². The standard InChI is InChI=1S/C24H22F3N3O2/c1-4-17(19-11-12-31-15-19)13-21(24(25,26)27)16(3)28-20(5-2)14-22-29-23(30-32-22)18-9-7-6-8-10-18/h4-13,15H,14H2,1-3H3/b17-4+,20-5-,21-13+,28-16-. The van der Waals surface area contributed by atoms with E-state index in [1.54, 1.807) is 32.1 Å². The molecule has 0 N–H and O–H groups in total. The van der Waals surface area contributed by atoms with Crippen LogP contribution < -0.4 is 0 Å². The van der Waals surface area contributed by atoms with Gasteiger partial charge in [0.05, 0.1) is 24.5 Å². The maximum Gasteiger partial charge on any atom is 0.418 e. The average molecular weight is 441 g/mol. The summed E-state index contributed by atoms with van der Waals surface area (Å²) in [5.74, 6) is 0.670. The molecule has 2 heterocycles. The zero-order valence-electron chi connectivity index (χ0n) is 17.8. The molecule has 8 heteroatoms. The van der Waals surface area contributed by atoms with Gasteiger partial charge in [-0.2, -0.15) is 18.2 Å². The highest BCUT2D eigenvalue weighted by molar-refractivity contribution is 6.02.